The van der Waals surface area contributed by atoms with E-state index < -0.39 is 0 Å². The third-order valence-corrected chi connectivity index (χ3v) is 4.25. The monoisotopic (exact) mass is 269 g/mol. The molecular formula is C14H27N3S. The van der Waals surface area contributed by atoms with Crippen LogP contribution in [0.3, 0.4) is 0 Å². The van der Waals surface area contributed by atoms with Crippen LogP contribution in [0, 0.1) is 6.92 Å². The number of hydrogen-bond acceptors (Lipinski definition) is 4. The molecule has 0 radical (unpaired) electrons. The van der Waals surface area contributed by atoms with Crippen LogP contribution in [0.5, 0.6) is 0 Å². The Labute approximate surface area is 116 Å². The largest absolute Gasteiger partial charge is 0.351 e. The van der Waals surface area contributed by atoms with Crippen molar-refractivity contribution in [1.82, 2.24) is 10.3 Å². The lowest BCUT2D eigenvalue weighted by molar-refractivity contribution is 0.591. The second-order valence-corrected chi connectivity index (χ2v) is 6.23. The summed E-state index contributed by atoms with van der Waals surface area (Å²) in [4.78, 5) is 8.32. The summed E-state index contributed by atoms with van der Waals surface area (Å²) in [5.74, 6) is 0. The lowest BCUT2D eigenvalue weighted by Crippen LogP contribution is -2.21. The van der Waals surface area contributed by atoms with Gasteiger partial charge in [0.2, 0.25) is 0 Å². The van der Waals surface area contributed by atoms with Gasteiger partial charge in [-0.2, -0.15) is 0 Å². The molecule has 1 N–H and O–H groups in total. The van der Waals surface area contributed by atoms with E-state index in [4.69, 9.17) is 0 Å². The third-order valence-electron chi connectivity index (χ3n) is 2.98. The molecule has 1 aromatic heterocycles. The fourth-order valence-electron chi connectivity index (χ4n) is 1.73. The van der Waals surface area contributed by atoms with Crippen molar-refractivity contribution in [2.75, 3.05) is 18.5 Å². The van der Waals surface area contributed by atoms with E-state index in [0.717, 1.165) is 18.2 Å². The first-order valence-electron chi connectivity index (χ1n) is 6.95. The Balaban J connectivity index is 2.53. The first kappa shape index (κ1) is 15.4. The van der Waals surface area contributed by atoms with Crippen LogP contribution in [0.4, 0.5) is 5.13 Å². The Morgan fingerprint density at radius 2 is 2.06 bits per heavy atom. The molecule has 0 fully saturated rings. The van der Waals surface area contributed by atoms with Crippen molar-refractivity contribution < 1.29 is 0 Å². The number of unbranched alkanes of at least 4 members (excludes halogenated alkanes) is 2. The number of hydrogen-bond donors (Lipinski definition) is 1. The van der Waals surface area contributed by atoms with E-state index in [-0.39, 0.29) is 0 Å². The quantitative estimate of drug-likeness (QED) is 0.731. The molecule has 0 aliphatic rings. The van der Waals surface area contributed by atoms with Crippen LogP contribution in [-0.4, -0.2) is 24.6 Å². The average Bonchev–Trinajstić information content (AvgIpc) is 2.68. The van der Waals surface area contributed by atoms with Crippen LogP contribution in [0.2, 0.25) is 0 Å². The van der Waals surface area contributed by atoms with Gasteiger partial charge in [-0.1, -0.05) is 33.6 Å². The van der Waals surface area contributed by atoms with Gasteiger partial charge in [0.15, 0.2) is 5.13 Å². The lowest BCUT2D eigenvalue weighted by atomic mass is 10.2. The summed E-state index contributed by atoms with van der Waals surface area (Å²) in [6.45, 7) is 10.7. The fraction of sp³-hybridized carbons (Fsp3) is 0.786. The molecule has 0 aliphatic carbocycles. The molecule has 4 heteroatoms. The van der Waals surface area contributed by atoms with E-state index in [1.807, 2.05) is 11.3 Å². The van der Waals surface area contributed by atoms with Gasteiger partial charge in [-0.05, 0) is 13.3 Å². The van der Waals surface area contributed by atoms with Crippen molar-refractivity contribution in [3.05, 3.63) is 10.6 Å². The maximum Gasteiger partial charge on any atom is 0.185 e. The van der Waals surface area contributed by atoms with Gasteiger partial charge >= 0.3 is 0 Å². The average molecular weight is 269 g/mol. The summed E-state index contributed by atoms with van der Waals surface area (Å²) in [5, 5.41) is 4.62. The molecule has 0 spiro atoms. The molecule has 1 rings (SSSR count). The molecule has 0 saturated carbocycles. The van der Waals surface area contributed by atoms with Gasteiger partial charge in [-0.15, -0.1) is 11.3 Å². The predicted octanol–water partition coefficient (Wildman–Crippen LogP) is 3.58. The fourth-order valence-corrected chi connectivity index (χ4v) is 2.73. The number of aromatic nitrogens is 1. The summed E-state index contributed by atoms with van der Waals surface area (Å²) in [6.07, 6.45) is 3.83. The highest BCUT2D eigenvalue weighted by atomic mass is 32.1. The normalized spacial score (nSPS) is 11.2. The van der Waals surface area contributed by atoms with Crippen molar-refractivity contribution in [1.29, 1.82) is 0 Å². The topological polar surface area (TPSA) is 28.2 Å². The molecular weight excluding hydrogens is 242 g/mol. The van der Waals surface area contributed by atoms with E-state index in [9.17, 15) is 0 Å². The summed E-state index contributed by atoms with van der Waals surface area (Å²) in [5.41, 5.74) is 1.17. The maximum atomic E-state index is 4.67. The van der Waals surface area contributed by atoms with Crippen LogP contribution in [0.1, 0.15) is 50.6 Å². The Hall–Kier alpha value is -0.610. The highest BCUT2D eigenvalue weighted by Gasteiger charge is 2.11. The molecule has 3 nitrogen and oxygen atoms in total. The second kappa shape index (κ2) is 7.74. The van der Waals surface area contributed by atoms with E-state index >= 15 is 0 Å². The highest BCUT2D eigenvalue weighted by Crippen LogP contribution is 2.25. The number of rotatable bonds is 8. The Kier molecular flexibility index (Phi) is 6.65. The first-order chi connectivity index (χ1) is 8.54. The molecule has 18 heavy (non-hydrogen) atoms. The van der Waals surface area contributed by atoms with Gasteiger partial charge in [0.25, 0.3) is 0 Å². The van der Waals surface area contributed by atoms with Gasteiger partial charge in [0.05, 0.1) is 5.69 Å². The molecule has 0 aliphatic heterocycles. The van der Waals surface area contributed by atoms with E-state index in [2.05, 4.69) is 49.9 Å². The number of nitrogens with zero attached hydrogens (tertiary/aromatic N) is 2. The van der Waals surface area contributed by atoms with E-state index in [0.29, 0.717) is 6.04 Å². The standard InChI is InChI=1S/C14H27N3S/c1-6-7-8-9-17(5)14-16-12(4)13(18-14)10-15-11(2)3/h11,15H,6-10H2,1-5H3. The van der Waals surface area contributed by atoms with Crippen LogP contribution >= 0.6 is 11.3 Å². The Morgan fingerprint density at radius 3 is 2.67 bits per heavy atom. The summed E-state index contributed by atoms with van der Waals surface area (Å²) in [6, 6.07) is 0.525. The molecule has 0 saturated heterocycles. The van der Waals surface area contributed by atoms with Gasteiger partial charge in [-0.25, -0.2) is 4.98 Å². The highest BCUT2D eigenvalue weighted by molar-refractivity contribution is 7.15. The predicted molar refractivity (Wildman–Crippen MR) is 81.6 cm³/mol. The van der Waals surface area contributed by atoms with E-state index in [1.54, 1.807) is 0 Å². The zero-order valence-corrected chi connectivity index (χ0v) is 13.2. The summed E-state index contributed by atoms with van der Waals surface area (Å²) < 4.78 is 0. The molecule has 0 amide bonds. The van der Waals surface area contributed by atoms with Gasteiger partial charge in [0.1, 0.15) is 0 Å². The minimum Gasteiger partial charge on any atom is -0.351 e. The summed E-state index contributed by atoms with van der Waals surface area (Å²) in [7, 11) is 2.15. The summed E-state index contributed by atoms with van der Waals surface area (Å²) >= 11 is 1.82. The van der Waals surface area contributed by atoms with Crippen LogP contribution < -0.4 is 10.2 Å². The third kappa shape index (κ3) is 4.94. The number of anilines is 1. The van der Waals surface area contributed by atoms with Crippen LogP contribution in [0.25, 0.3) is 0 Å². The molecule has 0 unspecified atom stereocenters. The van der Waals surface area contributed by atoms with E-state index in [1.165, 1.54) is 29.8 Å². The molecule has 0 atom stereocenters. The van der Waals surface area contributed by atoms with Crippen molar-refractivity contribution >= 4 is 16.5 Å². The van der Waals surface area contributed by atoms with Gasteiger partial charge in [-0.3, -0.25) is 0 Å². The molecule has 1 heterocycles. The first-order valence-corrected chi connectivity index (χ1v) is 7.77. The van der Waals surface area contributed by atoms with Crippen molar-refractivity contribution in [3.8, 4) is 0 Å². The van der Waals surface area contributed by atoms with Gasteiger partial charge < -0.3 is 10.2 Å². The van der Waals surface area contributed by atoms with Crippen molar-refractivity contribution in [2.45, 2.75) is 59.5 Å². The molecule has 1 aromatic rings. The number of nitrogens with one attached hydrogen (secondary N) is 1. The molecule has 0 aromatic carbocycles. The minimum absolute atomic E-state index is 0.525. The van der Waals surface area contributed by atoms with Crippen molar-refractivity contribution in [3.63, 3.8) is 0 Å². The second-order valence-electron chi connectivity index (χ2n) is 5.17. The van der Waals surface area contributed by atoms with Crippen molar-refractivity contribution in [2.24, 2.45) is 0 Å². The lowest BCUT2D eigenvalue weighted by Gasteiger charge is -2.14. The van der Waals surface area contributed by atoms with Crippen LogP contribution in [-0.2, 0) is 6.54 Å². The Morgan fingerprint density at radius 1 is 1.33 bits per heavy atom. The maximum absolute atomic E-state index is 4.67. The van der Waals surface area contributed by atoms with Gasteiger partial charge in [0, 0.05) is 31.1 Å². The minimum atomic E-state index is 0.525. The molecule has 0 bridgehead atoms. The number of aryl methyl sites for hydroxylation is 1. The zero-order valence-electron chi connectivity index (χ0n) is 12.4. The van der Waals surface area contributed by atoms with Crippen LogP contribution in [0.15, 0.2) is 0 Å². The SMILES string of the molecule is CCCCCN(C)c1nc(C)c(CNC(C)C)s1. The Bertz CT molecular complexity index is 347. The molecule has 104 valence electrons. The smallest absolute Gasteiger partial charge is 0.185 e. The number of thiazole rings is 1. The zero-order chi connectivity index (χ0) is 13.5.